The van der Waals surface area contributed by atoms with Crippen LogP contribution >= 0.6 is 0 Å². The number of aliphatic hydroxyl groups is 1. The van der Waals surface area contributed by atoms with E-state index in [0.717, 1.165) is 12.3 Å². The number of nitrogens with one attached hydrogen (secondary N) is 1. The van der Waals surface area contributed by atoms with Gasteiger partial charge in [-0.2, -0.15) is 0 Å². The molecule has 2 rings (SSSR count). The van der Waals surface area contributed by atoms with Crippen molar-refractivity contribution in [3.05, 3.63) is 35.9 Å². The molecule has 100 valence electrons. The maximum Gasteiger partial charge on any atom is 0.0587 e. The monoisotopic (exact) mass is 247 g/mol. The summed E-state index contributed by atoms with van der Waals surface area (Å²) in [5.41, 5.74) is 1.29. The summed E-state index contributed by atoms with van der Waals surface area (Å²) in [4.78, 5) is 0. The van der Waals surface area contributed by atoms with Crippen LogP contribution in [0.2, 0.25) is 0 Å². The van der Waals surface area contributed by atoms with Crippen molar-refractivity contribution in [1.29, 1.82) is 0 Å². The summed E-state index contributed by atoms with van der Waals surface area (Å²) in [6, 6.07) is 11.1. The van der Waals surface area contributed by atoms with Gasteiger partial charge in [0.1, 0.15) is 0 Å². The zero-order valence-electron chi connectivity index (χ0n) is 11.3. The van der Waals surface area contributed by atoms with E-state index in [1.54, 1.807) is 0 Å². The van der Waals surface area contributed by atoms with Crippen LogP contribution in [0.5, 0.6) is 0 Å². The molecule has 1 aromatic rings. The van der Waals surface area contributed by atoms with Crippen molar-refractivity contribution in [3.8, 4) is 0 Å². The summed E-state index contributed by atoms with van der Waals surface area (Å²) in [7, 11) is 0. The molecule has 0 heterocycles. The third kappa shape index (κ3) is 3.82. The van der Waals surface area contributed by atoms with Crippen molar-refractivity contribution in [2.45, 2.75) is 51.1 Å². The molecule has 0 aliphatic heterocycles. The minimum Gasteiger partial charge on any atom is -0.395 e. The van der Waals surface area contributed by atoms with Gasteiger partial charge >= 0.3 is 0 Å². The summed E-state index contributed by atoms with van der Waals surface area (Å²) >= 11 is 0. The van der Waals surface area contributed by atoms with E-state index in [1.165, 1.54) is 31.2 Å². The third-order valence-corrected chi connectivity index (χ3v) is 4.15. The van der Waals surface area contributed by atoms with Gasteiger partial charge in [-0.25, -0.2) is 0 Å². The molecule has 2 atom stereocenters. The van der Waals surface area contributed by atoms with E-state index < -0.39 is 0 Å². The second-order valence-electron chi connectivity index (χ2n) is 5.57. The van der Waals surface area contributed by atoms with Gasteiger partial charge in [-0.1, -0.05) is 43.2 Å². The first-order valence-corrected chi connectivity index (χ1v) is 7.20. The summed E-state index contributed by atoms with van der Waals surface area (Å²) in [5.74, 6) is 0.801. The molecule has 18 heavy (non-hydrogen) atoms. The SMILES string of the molecule is CC(N[C@@H](CO)Cc1ccccc1)C1CCCC1. The van der Waals surface area contributed by atoms with Crippen molar-refractivity contribution in [3.63, 3.8) is 0 Å². The number of rotatable bonds is 6. The van der Waals surface area contributed by atoms with Crippen LogP contribution in [0.1, 0.15) is 38.2 Å². The van der Waals surface area contributed by atoms with E-state index in [2.05, 4.69) is 36.5 Å². The normalized spacial score (nSPS) is 19.9. The molecule has 1 aliphatic rings. The molecule has 0 bridgehead atoms. The Morgan fingerprint density at radius 2 is 1.89 bits per heavy atom. The Labute approximate surface area is 110 Å². The zero-order chi connectivity index (χ0) is 12.8. The summed E-state index contributed by atoms with van der Waals surface area (Å²) in [5, 5.41) is 13.1. The molecule has 1 saturated carbocycles. The van der Waals surface area contributed by atoms with Crippen LogP contribution in [0.25, 0.3) is 0 Å². The quantitative estimate of drug-likeness (QED) is 0.810. The van der Waals surface area contributed by atoms with Crippen LogP contribution in [0.4, 0.5) is 0 Å². The third-order valence-electron chi connectivity index (χ3n) is 4.15. The van der Waals surface area contributed by atoms with Gasteiger partial charge in [-0.05, 0) is 37.7 Å². The molecule has 1 unspecified atom stereocenters. The Bertz CT molecular complexity index is 332. The van der Waals surface area contributed by atoms with Crippen molar-refractivity contribution < 1.29 is 5.11 Å². The molecule has 0 radical (unpaired) electrons. The molecular formula is C16H25NO. The van der Waals surface area contributed by atoms with Gasteiger partial charge in [-0.3, -0.25) is 0 Å². The molecule has 0 spiro atoms. The number of hydrogen-bond donors (Lipinski definition) is 2. The van der Waals surface area contributed by atoms with Gasteiger partial charge in [-0.15, -0.1) is 0 Å². The second kappa shape index (κ2) is 6.91. The van der Waals surface area contributed by atoms with Crippen LogP contribution in [0.3, 0.4) is 0 Å². The highest BCUT2D eigenvalue weighted by Crippen LogP contribution is 2.27. The van der Waals surface area contributed by atoms with Gasteiger partial charge in [0, 0.05) is 12.1 Å². The summed E-state index contributed by atoms with van der Waals surface area (Å²) in [6.07, 6.45) is 6.35. The Morgan fingerprint density at radius 3 is 2.50 bits per heavy atom. The highest BCUT2D eigenvalue weighted by molar-refractivity contribution is 5.16. The standard InChI is InChI=1S/C16H25NO/c1-13(15-9-5-6-10-15)17-16(12-18)11-14-7-3-2-4-8-14/h2-4,7-8,13,15-18H,5-6,9-12H2,1H3/t13?,16-/m1/s1. The number of benzene rings is 1. The number of hydrogen-bond acceptors (Lipinski definition) is 2. The van der Waals surface area contributed by atoms with Gasteiger partial charge in [0.05, 0.1) is 6.61 Å². The van der Waals surface area contributed by atoms with E-state index in [0.29, 0.717) is 6.04 Å². The fraction of sp³-hybridized carbons (Fsp3) is 0.625. The lowest BCUT2D eigenvalue weighted by atomic mass is 9.97. The highest BCUT2D eigenvalue weighted by atomic mass is 16.3. The van der Waals surface area contributed by atoms with E-state index >= 15 is 0 Å². The Morgan fingerprint density at radius 1 is 1.22 bits per heavy atom. The summed E-state index contributed by atoms with van der Waals surface area (Å²) in [6.45, 7) is 2.48. The molecule has 2 N–H and O–H groups in total. The fourth-order valence-corrected chi connectivity index (χ4v) is 3.04. The molecule has 0 aromatic heterocycles. The minimum absolute atomic E-state index is 0.183. The topological polar surface area (TPSA) is 32.3 Å². The molecular weight excluding hydrogens is 222 g/mol. The Balaban J connectivity index is 1.85. The number of aliphatic hydroxyl groups excluding tert-OH is 1. The van der Waals surface area contributed by atoms with Crippen LogP contribution < -0.4 is 5.32 Å². The molecule has 1 aromatic carbocycles. The van der Waals surface area contributed by atoms with Crippen molar-refractivity contribution >= 4 is 0 Å². The first kappa shape index (κ1) is 13.6. The second-order valence-corrected chi connectivity index (χ2v) is 5.57. The average molecular weight is 247 g/mol. The van der Waals surface area contributed by atoms with E-state index in [1.807, 2.05) is 6.07 Å². The lowest BCUT2D eigenvalue weighted by Crippen LogP contribution is -2.43. The Kier molecular flexibility index (Phi) is 5.21. The van der Waals surface area contributed by atoms with E-state index in [-0.39, 0.29) is 12.6 Å². The average Bonchev–Trinajstić information content (AvgIpc) is 2.93. The molecule has 2 nitrogen and oxygen atoms in total. The molecule has 0 saturated heterocycles. The van der Waals surface area contributed by atoms with Gasteiger partial charge in [0.2, 0.25) is 0 Å². The maximum absolute atomic E-state index is 9.52. The Hall–Kier alpha value is -0.860. The predicted molar refractivity (Wildman–Crippen MR) is 75.6 cm³/mol. The van der Waals surface area contributed by atoms with E-state index in [4.69, 9.17) is 0 Å². The largest absolute Gasteiger partial charge is 0.395 e. The first-order valence-electron chi connectivity index (χ1n) is 7.20. The zero-order valence-corrected chi connectivity index (χ0v) is 11.3. The maximum atomic E-state index is 9.52. The lowest BCUT2D eigenvalue weighted by molar-refractivity contribution is 0.218. The van der Waals surface area contributed by atoms with Crippen LogP contribution in [-0.4, -0.2) is 23.8 Å². The molecule has 1 fully saturated rings. The highest BCUT2D eigenvalue weighted by Gasteiger charge is 2.23. The van der Waals surface area contributed by atoms with Gasteiger partial charge < -0.3 is 10.4 Å². The minimum atomic E-state index is 0.183. The van der Waals surface area contributed by atoms with Crippen molar-refractivity contribution in [1.82, 2.24) is 5.32 Å². The van der Waals surface area contributed by atoms with Gasteiger partial charge in [0.15, 0.2) is 0 Å². The van der Waals surface area contributed by atoms with Crippen LogP contribution in [0, 0.1) is 5.92 Å². The van der Waals surface area contributed by atoms with Crippen molar-refractivity contribution in [2.24, 2.45) is 5.92 Å². The summed E-state index contributed by atoms with van der Waals surface area (Å²) < 4.78 is 0. The first-order chi connectivity index (χ1) is 8.79. The molecule has 1 aliphatic carbocycles. The van der Waals surface area contributed by atoms with Gasteiger partial charge in [0.25, 0.3) is 0 Å². The smallest absolute Gasteiger partial charge is 0.0587 e. The molecule has 0 amide bonds. The van der Waals surface area contributed by atoms with Crippen molar-refractivity contribution in [2.75, 3.05) is 6.61 Å². The predicted octanol–water partition coefficient (Wildman–Crippen LogP) is 2.76. The van der Waals surface area contributed by atoms with Crippen LogP contribution in [-0.2, 0) is 6.42 Å². The lowest BCUT2D eigenvalue weighted by Gasteiger charge is -2.26. The van der Waals surface area contributed by atoms with Crippen LogP contribution in [0.15, 0.2) is 30.3 Å². The van der Waals surface area contributed by atoms with E-state index in [9.17, 15) is 5.11 Å². The fourth-order valence-electron chi connectivity index (χ4n) is 3.04. The molecule has 2 heteroatoms.